The number of carboxylic acid groups (broad SMARTS) is 1. The Morgan fingerprint density at radius 3 is 2.94 bits per heavy atom. The van der Waals surface area contributed by atoms with Gasteiger partial charge in [0.15, 0.2) is 5.69 Å². The number of aromatic carboxylic acids is 1. The third kappa shape index (κ3) is 5.28. The quantitative estimate of drug-likeness (QED) is 0.460. The average Bonchev–Trinajstić information content (AvgIpc) is 3.38. The molecule has 2 N–H and O–H groups in total. The third-order valence-electron chi connectivity index (χ3n) is 6.62. The first kappa shape index (κ1) is 23.5. The van der Waals surface area contributed by atoms with Crippen LogP contribution < -0.4 is 4.74 Å². The number of halogens is 1. The molecule has 0 spiro atoms. The number of aryl methyl sites for hydroxylation is 1. The highest BCUT2D eigenvalue weighted by Crippen LogP contribution is 2.46. The molecule has 4 rings (SSSR count). The fraction of sp³-hybridized carbons (Fsp3) is 0.583. The summed E-state index contributed by atoms with van der Waals surface area (Å²) in [5.41, 5.74) is 1.17. The van der Waals surface area contributed by atoms with E-state index in [-0.39, 0.29) is 29.7 Å². The van der Waals surface area contributed by atoms with Crippen LogP contribution in [0.1, 0.15) is 72.6 Å². The summed E-state index contributed by atoms with van der Waals surface area (Å²) < 4.78 is 12.4. The lowest BCUT2D eigenvalue weighted by molar-refractivity contribution is -0.0811. The number of fused-ring (bicyclic) bond motifs is 1. The van der Waals surface area contributed by atoms with Crippen molar-refractivity contribution in [1.29, 1.82) is 0 Å². The Morgan fingerprint density at radius 2 is 2.19 bits per heavy atom. The summed E-state index contributed by atoms with van der Waals surface area (Å²) in [6.07, 6.45) is 5.87. The Bertz CT molecular complexity index is 935. The monoisotopic (exact) mass is 479 g/mol. The van der Waals surface area contributed by atoms with E-state index in [0.717, 1.165) is 42.0 Å². The molecule has 0 radical (unpaired) electrons. The van der Waals surface area contributed by atoms with E-state index in [1.807, 2.05) is 18.2 Å². The van der Waals surface area contributed by atoms with Gasteiger partial charge in [0, 0.05) is 22.7 Å². The minimum absolute atomic E-state index is 0.00560. The molecule has 6 nitrogen and oxygen atoms in total. The largest absolute Gasteiger partial charge is 0.493 e. The number of thiazole rings is 1. The van der Waals surface area contributed by atoms with Crippen molar-refractivity contribution in [2.75, 3.05) is 6.61 Å². The molecule has 0 unspecified atom stereocenters. The Kier molecular flexibility index (Phi) is 7.71. The molecule has 2 aromatic rings. The Labute approximate surface area is 197 Å². The number of carboxylic acids is 1. The normalized spacial score (nSPS) is 27.3. The first-order valence-electron chi connectivity index (χ1n) is 11.4. The molecule has 1 aromatic heterocycles. The molecule has 5 atom stereocenters. The predicted octanol–water partition coefficient (Wildman–Crippen LogP) is 5.52. The van der Waals surface area contributed by atoms with Crippen LogP contribution in [0.4, 0.5) is 0 Å². The van der Waals surface area contributed by atoms with Crippen molar-refractivity contribution in [1.82, 2.24) is 4.98 Å². The number of carbonyl (C=O) groups is 1. The number of ether oxygens (including phenoxy) is 2. The van der Waals surface area contributed by atoms with E-state index in [9.17, 15) is 9.90 Å². The Hall–Kier alpha value is -1.67. The van der Waals surface area contributed by atoms with Crippen molar-refractivity contribution in [3.63, 3.8) is 0 Å². The van der Waals surface area contributed by atoms with Crippen LogP contribution in [0.2, 0.25) is 5.02 Å². The van der Waals surface area contributed by atoms with Gasteiger partial charge in [-0.05, 0) is 55.4 Å². The maximum atomic E-state index is 11.1. The molecule has 1 aliphatic heterocycles. The standard InChI is InChI=1S/C24H30ClNO5S/c1-2-3-4-5-14-10-15(6-8-18(14)25)30-12-17-16-7-9-21(31-22(16)11-20(17)27)23-26-19(13-32-23)24(28)29/h6,8,10,13,16-17,20-22,27H,2-5,7,9,11-12H2,1H3,(H,28,29)/t16-,17-,20+,21-,22+/m1/s1. The van der Waals surface area contributed by atoms with Crippen LogP contribution in [-0.4, -0.2) is 40.0 Å². The predicted molar refractivity (Wildman–Crippen MR) is 124 cm³/mol. The molecule has 1 aliphatic carbocycles. The van der Waals surface area contributed by atoms with Gasteiger partial charge in [0.05, 0.1) is 18.8 Å². The van der Waals surface area contributed by atoms with Gasteiger partial charge >= 0.3 is 5.97 Å². The fourth-order valence-corrected chi connectivity index (χ4v) is 5.94. The van der Waals surface area contributed by atoms with Crippen molar-refractivity contribution in [2.45, 2.75) is 70.2 Å². The van der Waals surface area contributed by atoms with E-state index in [2.05, 4.69) is 11.9 Å². The van der Waals surface area contributed by atoms with Crippen molar-refractivity contribution in [3.8, 4) is 5.75 Å². The van der Waals surface area contributed by atoms with Crippen molar-refractivity contribution in [3.05, 3.63) is 44.9 Å². The van der Waals surface area contributed by atoms with Gasteiger partial charge in [-0.1, -0.05) is 31.4 Å². The van der Waals surface area contributed by atoms with Crippen molar-refractivity contribution >= 4 is 28.9 Å². The maximum Gasteiger partial charge on any atom is 0.355 e. The maximum absolute atomic E-state index is 11.1. The van der Waals surface area contributed by atoms with E-state index in [1.165, 1.54) is 24.2 Å². The minimum atomic E-state index is -1.02. The third-order valence-corrected chi connectivity index (χ3v) is 7.93. The molecule has 0 amide bonds. The van der Waals surface area contributed by atoms with Crippen LogP contribution in [0.25, 0.3) is 0 Å². The molecule has 174 valence electrons. The van der Waals surface area contributed by atoms with Crippen LogP contribution in [0.3, 0.4) is 0 Å². The Balaban J connectivity index is 1.35. The second kappa shape index (κ2) is 10.5. The number of nitrogens with zero attached hydrogens (tertiary/aromatic N) is 1. The minimum Gasteiger partial charge on any atom is -0.493 e. The molecule has 1 aromatic carbocycles. The van der Waals surface area contributed by atoms with E-state index < -0.39 is 12.1 Å². The van der Waals surface area contributed by atoms with E-state index >= 15 is 0 Å². The lowest BCUT2D eigenvalue weighted by Gasteiger charge is -2.33. The van der Waals surface area contributed by atoms with Gasteiger partial charge in [-0.3, -0.25) is 0 Å². The van der Waals surface area contributed by atoms with E-state index in [1.54, 1.807) is 5.38 Å². The first-order chi connectivity index (χ1) is 15.5. The van der Waals surface area contributed by atoms with Gasteiger partial charge in [0.2, 0.25) is 0 Å². The number of unbranched alkanes of at least 4 members (excludes halogenated alkanes) is 2. The molecule has 1 saturated heterocycles. The molecule has 1 saturated carbocycles. The highest BCUT2D eigenvalue weighted by molar-refractivity contribution is 7.09. The first-order valence-corrected chi connectivity index (χ1v) is 12.7. The van der Waals surface area contributed by atoms with Crippen molar-refractivity contribution in [2.24, 2.45) is 11.8 Å². The molecular formula is C24H30ClNO5S. The molecule has 32 heavy (non-hydrogen) atoms. The van der Waals surface area contributed by atoms with Gasteiger partial charge in [-0.2, -0.15) is 0 Å². The molecule has 2 aliphatic rings. The number of benzene rings is 1. The SMILES string of the molecule is CCCCCc1cc(OC[C@@H]2[C@H]3CC[C@H](c4nc(C(=O)O)cs4)O[C@H]3C[C@@H]2O)ccc1Cl. The zero-order valence-corrected chi connectivity index (χ0v) is 19.8. The second-order valence-corrected chi connectivity index (χ2v) is 10.1. The van der Waals surface area contributed by atoms with Crippen molar-refractivity contribution < 1.29 is 24.5 Å². The van der Waals surface area contributed by atoms with Crippen LogP contribution in [0.15, 0.2) is 23.6 Å². The van der Waals surface area contributed by atoms with E-state index in [4.69, 9.17) is 26.2 Å². The van der Waals surface area contributed by atoms with Crippen LogP contribution in [0.5, 0.6) is 5.75 Å². The molecule has 8 heteroatoms. The summed E-state index contributed by atoms with van der Waals surface area (Å²) in [5, 5.41) is 22.8. The molecule has 2 fully saturated rings. The zero-order chi connectivity index (χ0) is 22.7. The molecular weight excluding hydrogens is 450 g/mol. The number of hydrogen-bond donors (Lipinski definition) is 2. The van der Waals surface area contributed by atoms with Gasteiger partial charge in [-0.25, -0.2) is 9.78 Å². The highest BCUT2D eigenvalue weighted by atomic mass is 35.5. The molecule has 2 heterocycles. The smallest absolute Gasteiger partial charge is 0.355 e. The van der Waals surface area contributed by atoms with Crippen LogP contribution in [-0.2, 0) is 11.2 Å². The molecule has 0 bridgehead atoms. The number of rotatable bonds is 9. The number of hydrogen-bond acceptors (Lipinski definition) is 6. The van der Waals surface area contributed by atoms with Gasteiger partial charge in [0.25, 0.3) is 0 Å². The summed E-state index contributed by atoms with van der Waals surface area (Å²) in [7, 11) is 0. The highest BCUT2D eigenvalue weighted by Gasteiger charge is 2.47. The van der Waals surface area contributed by atoms with Gasteiger partial charge in [-0.15, -0.1) is 11.3 Å². The lowest BCUT2D eigenvalue weighted by Crippen LogP contribution is -2.33. The second-order valence-electron chi connectivity index (χ2n) is 8.77. The topological polar surface area (TPSA) is 88.9 Å². The van der Waals surface area contributed by atoms with Crippen LogP contribution in [0, 0.1) is 11.8 Å². The lowest BCUT2D eigenvalue weighted by atomic mass is 9.87. The zero-order valence-electron chi connectivity index (χ0n) is 18.2. The summed E-state index contributed by atoms with van der Waals surface area (Å²) in [6.45, 7) is 2.62. The number of aromatic nitrogens is 1. The fourth-order valence-electron chi connectivity index (χ4n) is 4.87. The van der Waals surface area contributed by atoms with Gasteiger partial charge in [0.1, 0.15) is 16.9 Å². The summed E-state index contributed by atoms with van der Waals surface area (Å²) in [4.78, 5) is 15.3. The number of aliphatic hydroxyl groups excluding tert-OH is 1. The summed E-state index contributed by atoms with van der Waals surface area (Å²) in [6, 6.07) is 5.80. The van der Waals surface area contributed by atoms with E-state index in [0.29, 0.717) is 18.0 Å². The average molecular weight is 480 g/mol. The Morgan fingerprint density at radius 1 is 1.34 bits per heavy atom. The number of aliphatic hydroxyl groups is 1. The summed E-state index contributed by atoms with van der Waals surface area (Å²) in [5.74, 6) is -0.0110. The summed E-state index contributed by atoms with van der Waals surface area (Å²) >= 11 is 7.67. The van der Waals surface area contributed by atoms with Crippen LogP contribution >= 0.6 is 22.9 Å². The van der Waals surface area contributed by atoms with Gasteiger partial charge < -0.3 is 19.7 Å².